The Kier molecular flexibility index (Phi) is 5.11. The summed E-state index contributed by atoms with van der Waals surface area (Å²) in [5.74, 6) is 0.725. The number of nitrogens with one attached hydrogen (secondary N) is 1. The molecule has 1 aliphatic rings. The topological polar surface area (TPSA) is 81.7 Å². The number of carbonyl (C=O) groups is 1. The van der Waals surface area contributed by atoms with Gasteiger partial charge >= 0.3 is 0 Å². The molecule has 1 fully saturated rings. The van der Waals surface area contributed by atoms with Crippen LogP contribution in [0, 0.1) is 5.92 Å². The van der Waals surface area contributed by atoms with E-state index < -0.39 is 10.0 Å². The highest BCUT2D eigenvalue weighted by Gasteiger charge is 2.30. The van der Waals surface area contributed by atoms with Crippen molar-refractivity contribution in [3.63, 3.8) is 0 Å². The molecule has 0 unspecified atom stereocenters. The normalized spacial score (nSPS) is 14.0. The number of ether oxygens (including phenoxy) is 2. The van der Waals surface area contributed by atoms with Crippen LogP contribution in [0.5, 0.6) is 11.5 Å². The smallest absolute Gasteiger partial charge is 0.262 e. The Labute approximate surface area is 157 Å². The predicted molar refractivity (Wildman–Crippen MR) is 98.9 cm³/mol. The summed E-state index contributed by atoms with van der Waals surface area (Å²) >= 11 is 6.03. The van der Waals surface area contributed by atoms with Gasteiger partial charge in [0.05, 0.1) is 29.8 Å². The number of sulfonamides is 1. The first-order chi connectivity index (χ1) is 12.4. The fourth-order valence-electron chi connectivity index (χ4n) is 2.52. The van der Waals surface area contributed by atoms with Crippen molar-refractivity contribution in [2.75, 3.05) is 18.9 Å². The van der Waals surface area contributed by atoms with E-state index in [1.165, 1.54) is 50.6 Å². The Morgan fingerprint density at radius 2 is 1.69 bits per heavy atom. The van der Waals surface area contributed by atoms with E-state index in [4.69, 9.17) is 21.1 Å². The van der Waals surface area contributed by atoms with Crippen molar-refractivity contribution in [2.24, 2.45) is 5.92 Å². The minimum atomic E-state index is -3.87. The first-order valence-corrected chi connectivity index (χ1v) is 9.80. The van der Waals surface area contributed by atoms with Crippen LogP contribution in [0.2, 0.25) is 5.02 Å². The van der Waals surface area contributed by atoms with Gasteiger partial charge < -0.3 is 9.47 Å². The molecule has 1 saturated carbocycles. The van der Waals surface area contributed by atoms with Crippen molar-refractivity contribution in [3.8, 4) is 11.5 Å². The van der Waals surface area contributed by atoms with Gasteiger partial charge in [-0.15, -0.1) is 0 Å². The standard InChI is InChI=1S/C18H18ClNO5S/c1-24-16-10-15(17(25-2)9-14(16)19)20-26(22,23)13-7-5-12(6-8-13)18(21)11-3-4-11/h5-11,20H,3-4H2,1-2H3. The van der Waals surface area contributed by atoms with Crippen molar-refractivity contribution in [1.82, 2.24) is 0 Å². The van der Waals surface area contributed by atoms with E-state index in [0.29, 0.717) is 16.3 Å². The number of methoxy groups -OCH3 is 2. The summed E-state index contributed by atoms with van der Waals surface area (Å²) in [5.41, 5.74) is 0.726. The molecule has 3 rings (SSSR count). The lowest BCUT2D eigenvalue weighted by molar-refractivity contribution is 0.0967. The van der Waals surface area contributed by atoms with Gasteiger partial charge in [0, 0.05) is 23.6 Å². The third-order valence-corrected chi connectivity index (χ3v) is 5.79. The van der Waals surface area contributed by atoms with E-state index in [2.05, 4.69) is 4.72 Å². The fraction of sp³-hybridized carbons (Fsp3) is 0.278. The predicted octanol–water partition coefficient (Wildman–Crippen LogP) is 3.75. The first-order valence-electron chi connectivity index (χ1n) is 7.94. The molecule has 1 aliphatic carbocycles. The van der Waals surface area contributed by atoms with Gasteiger partial charge in [0.2, 0.25) is 0 Å². The van der Waals surface area contributed by atoms with Gasteiger partial charge in [-0.3, -0.25) is 9.52 Å². The van der Waals surface area contributed by atoms with Gasteiger partial charge in [-0.2, -0.15) is 0 Å². The average molecular weight is 396 g/mol. The van der Waals surface area contributed by atoms with Crippen LogP contribution in [-0.2, 0) is 10.0 Å². The molecule has 0 saturated heterocycles. The number of rotatable bonds is 7. The molecule has 2 aromatic rings. The van der Waals surface area contributed by atoms with E-state index in [1.54, 1.807) is 0 Å². The lowest BCUT2D eigenvalue weighted by Gasteiger charge is -2.14. The molecule has 1 N–H and O–H groups in total. The number of carbonyl (C=O) groups excluding carboxylic acids is 1. The molecule has 138 valence electrons. The molecule has 0 atom stereocenters. The van der Waals surface area contributed by atoms with Crippen molar-refractivity contribution in [2.45, 2.75) is 17.7 Å². The lowest BCUT2D eigenvalue weighted by Crippen LogP contribution is -2.14. The molecule has 0 amide bonds. The molecule has 8 heteroatoms. The Bertz CT molecular complexity index is 937. The van der Waals surface area contributed by atoms with Crippen LogP contribution in [0.3, 0.4) is 0 Å². The lowest BCUT2D eigenvalue weighted by atomic mass is 10.1. The Morgan fingerprint density at radius 3 is 2.23 bits per heavy atom. The fourth-order valence-corrected chi connectivity index (χ4v) is 3.82. The number of halogens is 1. The monoisotopic (exact) mass is 395 g/mol. The maximum absolute atomic E-state index is 12.7. The van der Waals surface area contributed by atoms with E-state index in [0.717, 1.165) is 12.8 Å². The molecule has 2 aromatic carbocycles. The second-order valence-electron chi connectivity index (χ2n) is 5.96. The van der Waals surface area contributed by atoms with E-state index in [-0.39, 0.29) is 28.0 Å². The zero-order chi connectivity index (χ0) is 18.9. The summed E-state index contributed by atoms with van der Waals surface area (Å²) in [6, 6.07) is 8.82. The van der Waals surface area contributed by atoms with Gasteiger partial charge in [-0.1, -0.05) is 23.7 Å². The molecule has 0 radical (unpaired) electrons. The van der Waals surface area contributed by atoms with Crippen LogP contribution < -0.4 is 14.2 Å². The Balaban J connectivity index is 1.88. The Morgan fingerprint density at radius 1 is 1.08 bits per heavy atom. The number of ketones is 1. The zero-order valence-electron chi connectivity index (χ0n) is 14.3. The van der Waals surface area contributed by atoms with Crippen LogP contribution >= 0.6 is 11.6 Å². The van der Waals surface area contributed by atoms with Gasteiger partial charge in [-0.25, -0.2) is 8.42 Å². The average Bonchev–Trinajstić information content (AvgIpc) is 3.47. The number of anilines is 1. The van der Waals surface area contributed by atoms with Crippen molar-refractivity contribution in [3.05, 3.63) is 47.0 Å². The molecule has 6 nitrogen and oxygen atoms in total. The van der Waals surface area contributed by atoms with Crippen LogP contribution in [0.4, 0.5) is 5.69 Å². The number of Topliss-reactive ketones (excluding diaryl/α,β-unsaturated/α-hetero) is 1. The summed E-state index contributed by atoms with van der Waals surface area (Å²) in [5, 5.41) is 0.301. The summed E-state index contributed by atoms with van der Waals surface area (Å²) in [7, 11) is -1.03. The van der Waals surface area contributed by atoms with Gasteiger partial charge in [0.1, 0.15) is 11.5 Å². The summed E-state index contributed by atoms with van der Waals surface area (Å²) < 4.78 is 38.1. The summed E-state index contributed by atoms with van der Waals surface area (Å²) in [6.07, 6.45) is 1.80. The quantitative estimate of drug-likeness (QED) is 0.722. The Hall–Kier alpha value is -2.25. The molecular weight excluding hydrogens is 378 g/mol. The molecule has 26 heavy (non-hydrogen) atoms. The van der Waals surface area contributed by atoms with Crippen molar-refractivity contribution >= 4 is 33.1 Å². The summed E-state index contributed by atoms with van der Waals surface area (Å²) in [6.45, 7) is 0. The van der Waals surface area contributed by atoms with Crippen LogP contribution in [0.1, 0.15) is 23.2 Å². The number of hydrogen-bond donors (Lipinski definition) is 1. The maximum atomic E-state index is 12.7. The second-order valence-corrected chi connectivity index (χ2v) is 8.05. The third-order valence-electron chi connectivity index (χ3n) is 4.12. The molecule has 0 aromatic heterocycles. The van der Waals surface area contributed by atoms with Gasteiger partial charge in [-0.05, 0) is 25.0 Å². The maximum Gasteiger partial charge on any atom is 0.262 e. The minimum Gasteiger partial charge on any atom is -0.495 e. The van der Waals surface area contributed by atoms with Gasteiger partial charge in [0.15, 0.2) is 5.78 Å². The van der Waals surface area contributed by atoms with Crippen molar-refractivity contribution < 1.29 is 22.7 Å². The number of hydrogen-bond acceptors (Lipinski definition) is 5. The molecule has 0 aliphatic heterocycles. The van der Waals surface area contributed by atoms with E-state index >= 15 is 0 Å². The van der Waals surface area contributed by atoms with Crippen LogP contribution in [0.15, 0.2) is 41.3 Å². The van der Waals surface area contributed by atoms with E-state index in [9.17, 15) is 13.2 Å². The highest BCUT2D eigenvalue weighted by Crippen LogP contribution is 2.37. The van der Waals surface area contributed by atoms with Crippen LogP contribution in [-0.4, -0.2) is 28.4 Å². The first kappa shape index (κ1) is 18.5. The highest BCUT2D eigenvalue weighted by atomic mass is 35.5. The largest absolute Gasteiger partial charge is 0.495 e. The SMILES string of the molecule is COc1cc(NS(=O)(=O)c2ccc(C(=O)C3CC3)cc2)c(OC)cc1Cl. The zero-order valence-corrected chi connectivity index (χ0v) is 15.9. The van der Waals surface area contributed by atoms with Crippen molar-refractivity contribution in [1.29, 1.82) is 0 Å². The second kappa shape index (κ2) is 7.17. The van der Waals surface area contributed by atoms with Crippen LogP contribution in [0.25, 0.3) is 0 Å². The summed E-state index contributed by atoms with van der Waals surface area (Å²) in [4.78, 5) is 12.1. The molecule has 0 bridgehead atoms. The van der Waals surface area contributed by atoms with E-state index in [1.807, 2.05) is 0 Å². The number of benzene rings is 2. The molecule has 0 spiro atoms. The molecule has 0 heterocycles. The molecular formula is C18H18ClNO5S. The van der Waals surface area contributed by atoms with Gasteiger partial charge in [0.25, 0.3) is 10.0 Å². The third kappa shape index (κ3) is 3.78. The minimum absolute atomic E-state index is 0.0424. The highest BCUT2D eigenvalue weighted by molar-refractivity contribution is 7.92.